The molecular formula is C40H45FN4O10. The largest absolute Gasteiger partial charge is 0.463 e. The fourth-order valence-electron chi connectivity index (χ4n) is 6.67. The molecule has 1 aliphatic heterocycles. The van der Waals surface area contributed by atoms with E-state index in [2.05, 4.69) is 15.2 Å². The second-order valence-corrected chi connectivity index (χ2v) is 13.7. The number of esters is 3. The van der Waals surface area contributed by atoms with Gasteiger partial charge in [-0.15, -0.1) is 0 Å². The molecule has 1 aromatic heterocycles. The van der Waals surface area contributed by atoms with E-state index >= 15 is 0 Å². The first kappa shape index (κ1) is 40.7. The van der Waals surface area contributed by atoms with Crippen LogP contribution in [0.2, 0.25) is 0 Å². The van der Waals surface area contributed by atoms with E-state index in [1.165, 1.54) is 25.4 Å². The van der Waals surface area contributed by atoms with Crippen LogP contribution in [-0.4, -0.2) is 85.3 Å². The van der Waals surface area contributed by atoms with Gasteiger partial charge < -0.3 is 34.4 Å². The summed E-state index contributed by atoms with van der Waals surface area (Å²) in [4.78, 5) is 54.6. The number of ether oxygens (including phenoxy) is 3. The first-order valence-electron chi connectivity index (χ1n) is 17.9. The van der Waals surface area contributed by atoms with Crippen LogP contribution in [0.3, 0.4) is 0 Å². The molecule has 0 radical (unpaired) electrons. The number of β-lactam (4-membered cyclic amide) rings is 1. The minimum absolute atomic E-state index is 0.123. The van der Waals surface area contributed by atoms with Gasteiger partial charge in [0.05, 0.1) is 18.1 Å². The predicted molar refractivity (Wildman–Crippen MR) is 194 cm³/mol. The molecule has 292 valence electrons. The van der Waals surface area contributed by atoms with Crippen LogP contribution in [0.25, 0.3) is 0 Å². The SMILES string of the molecule is CC(=O)OCC(O)(COC(C)=O)C(O)C(O)Cc1ccc([C@@H]2C(CC[C@H](OC(C)=O)c3ccc(F)cc3)C(=O)N2c2ccc(CCc3ncn[nH]3)cc2)cc1. The van der Waals surface area contributed by atoms with Gasteiger partial charge in [-0.05, 0) is 65.8 Å². The number of aliphatic hydroxyl groups excluding tert-OH is 2. The third-order valence-electron chi connectivity index (χ3n) is 9.57. The van der Waals surface area contributed by atoms with Crippen molar-refractivity contribution in [2.45, 2.75) is 82.8 Å². The summed E-state index contributed by atoms with van der Waals surface area (Å²) in [7, 11) is 0. The van der Waals surface area contributed by atoms with Crippen molar-refractivity contribution >= 4 is 29.5 Å². The lowest BCUT2D eigenvalue weighted by molar-refractivity contribution is -0.190. The van der Waals surface area contributed by atoms with E-state index in [0.717, 1.165) is 30.8 Å². The fraction of sp³-hybridized carbons (Fsp3) is 0.400. The van der Waals surface area contributed by atoms with Crippen LogP contribution < -0.4 is 4.90 Å². The number of aromatic amines is 1. The molecule has 5 atom stereocenters. The summed E-state index contributed by atoms with van der Waals surface area (Å²) in [6.07, 6.45) is -0.748. The third-order valence-corrected chi connectivity index (χ3v) is 9.57. The number of nitrogens with zero attached hydrogens (tertiary/aromatic N) is 3. The van der Waals surface area contributed by atoms with Crippen LogP contribution in [-0.2, 0) is 52.7 Å². The topological polar surface area (TPSA) is 201 Å². The molecule has 3 aromatic carbocycles. The van der Waals surface area contributed by atoms with Gasteiger partial charge in [0, 0.05) is 39.3 Å². The van der Waals surface area contributed by atoms with Gasteiger partial charge in [0.1, 0.15) is 43.4 Å². The number of carbonyl (C=O) groups is 4. The number of carbonyl (C=O) groups excluding carboxylic acids is 4. The summed E-state index contributed by atoms with van der Waals surface area (Å²) >= 11 is 0. The minimum Gasteiger partial charge on any atom is -0.463 e. The monoisotopic (exact) mass is 760 g/mol. The molecule has 2 heterocycles. The van der Waals surface area contributed by atoms with E-state index < -0.39 is 72.8 Å². The molecule has 1 amide bonds. The Labute approximate surface area is 317 Å². The standard InChI is InChI=1S/C40H45FN4O10/c1-24(46)53-21-40(52,22-54-25(2)47)38(50)34(49)20-28-4-9-30(10-5-28)37-33(17-18-35(55-26(3)48)29-11-13-31(41)14-12-29)39(51)45(37)32-15-6-27(7-16-32)8-19-36-42-23-43-44-36/h4-7,9-16,23,33-35,37-38,49-50,52H,8,17-22H2,1-3H3,(H,42,43,44)/t33?,34?,35-,37+,38?/m0/s1. The molecule has 15 heteroatoms. The van der Waals surface area contributed by atoms with Crippen molar-refractivity contribution < 1.29 is 53.1 Å². The van der Waals surface area contributed by atoms with Gasteiger partial charge in [-0.2, -0.15) is 5.10 Å². The Morgan fingerprint density at radius 1 is 0.873 bits per heavy atom. The van der Waals surface area contributed by atoms with Crippen LogP contribution in [0.5, 0.6) is 0 Å². The minimum atomic E-state index is -2.28. The van der Waals surface area contributed by atoms with Gasteiger partial charge in [0.15, 0.2) is 5.60 Å². The molecule has 14 nitrogen and oxygen atoms in total. The number of aryl methyl sites for hydroxylation is 2. The van der Waals surface area contributed by atoms with Crippen molar-refractivity contribution in [1.29, 1.82) is 0 Å². The first-order valence-corrected chi connectivity index (χ1v) is 17.9. The van der Waals surface area contributed by atoms with Crippen molar-refractivity contribution in [2.75, 3.05) is 18.1 Å². The molecule has 4 N–H and O–H groups in total. The molecule has 5 rings (SSSR count). The molecule has 4 aromatic rings. The Bertz CT molecular complexity index is 1890. The predicted octanol–water partition coefficient (Wildman–Crippen LogP) is 3.64. The van der Waals surface area contributed by atoms with E-state index in [-0.39, 0.29) is 12.3 Å². The van der Waals surface area contributed by atoms with Crippen LogP contribution >= 0.6 is 0 Å². The number of benzene rings is 3. The summed E-state index contributed by atoms with van der Waals surface area (Å²) in [6.45, 7) is 2.07. The lowest BCUT2D eigenvalue weighted by atomic mass is 9.78. The zero-order valence-corrected chi connectivity index (χ0v) is 30.8. The number of aromatic nitrogens is 3. The molecule has 55 heavy (non-hydrogen) atoms. The molecule has 3 unspecified atom stereocenters. The van der Waals surface area contributed by atoms with Crippen molar-refractivity contribution in [3.63, 3.8) is 0 Å². The third kappa shape index (κ3) is 10.6. The number of H-pyrrole nitrogens is 1. The van der Waals surface area contributed by atoms with Gasteiger partial charge in [-0.25, -0.2) is 9.37 Å². The number of nitrogens with one attached hydrogen (secondary N) is 1. The molecule has 0 saturated carbocycles. The normalized spacial score (nSPS) is 17.1. The Balaban J connectivity index is 1.35. The summed E-state index contributed by atoms with van der Waals surface area (Å²) in [5, 5.41) is 39.6. The van der Waals surface area contributed by atoms with Gasteiger partial charge in [0.2, 0.25) is 5.91 Å². The fourth-order valence-corrected chi connectivity index (χ4v) is 6.67. The average Bonchev–Trinajstić information content (AvgIpc) is 3.69. The van der Waals surface area contributed by atoms with Crippen molar-refractivity contribution in [3.05, 3.63) is 113 Å². The average molecular weight is 761 g/mol. The highest BCUT2D eigenvalue weighted by atomic mass is 19.1. The van der Waals surface area contributed by atoms with Crippen LogP contribution in [0.15, 0.2) is 79.1 Å². The maximum absolute atomic E-state index is 13.9. The van der Waals surface area contributed by atoms with Gasteiger partial charge >= 0.3 is 17.9 Å². The first-order chi connectivity index (χ1) is 26.2. The molecule has 1 saturated heterocycles. The second-order valence-electron chi connectivity index (χ2n) is 13.7. The summed E-state index contributed by atoms with van der Waals surface area (Å²) in [5.41, 5.74) is 1.42. The molecule has 1 fully saturated rings. The molecule has 0 bridgehead atoms. The Morgan fingerprint density at radius 3 is 2.05 bits per heavy atom. The van der Waals surface area contributed by atoms with Crippen LogP contribution in [0, 0.1) is 11.7 Å². The van der Waals surface area contributed by atoms with E-state index in [1.54, 1.807) is 29.2 Å². The molecule has 0 spiro atoms. The number of hydrogen-bond donors (Lipinski definition) is 4. The summed E-state index contributed by atoms with van der Waals surface area (Å²) < 4.78 is 29.0. The zero-order chi connectivity index (χ0) is 39.7. The number of anilines is 1. The number of rotatable bonds is 18. The van der Waals surface area contributed by atoms with Gasteiger partial charge in [-0.3, -0.25) is 24.3 Å². The van der Waals surface area contributed by atoms with Crippen LogP contribution in [0.4, 0.5) is 10.1 Å². The highest BCUT2D eigenvalue weighted by molar-refractivity contribution is 6.03. The number of halogens is 1. The molecule has 1 aliphatic rings. The second kappa shape index (κ2) is 18.2. The zero-order valence-electron chi connectivity index (χ0n) is 30.8. The molecular weight excluding hydrogens is 715 g/mol. The number of hydrogen-bond acceptors (Lipinski definition) is 12. The van der Waals surface area contributed by atoms with Crippen molar-refractivity contribution in [1.82, 2.24) is 15.2 Å². The van der Waals surface area contributed by atoms with Gasteiger partial charge in [-0.1, -0.05) is 48.5 Å². The maximum atomic E-state index is 13.9. The highest BCUT2D eigenvalue weighted by Crippen LogP contribution is 2.46. The van der Waals surface area contributed by atoms with Crippen molar-refractivity contribution in [2.24, 2.45) is 5.92 Å². The summed E-state index contributed by atoms with van der Waals surface area (Å²) in [5.74, 6) is -2.27. The van der Waals surface area contributed by atoms with E-state index in [9.17, 15) is 38.9 Å². The quantitative estimate of drug-likeness (QED) is 0.0653. The van der Waals surface area contributed by atoms with Gasteiger partial charge in [0.25, 0.3) is 0 Å². The Kier molecular flexibility index (Phi) is 13.5. The lowest BCUT2D eigenvalue weighted by Gasteiger charge is -2.48. The Hall–Kier alpha value is -5.51. The number of amides is 1. The Morgan fingerprint density at radius 2 is 1.49 bits per heavy atom. The van der Waals surface area contributed by atoms with E-state index in [4.69, 9.17) is 14.2 Å². The number of aliphatic hydroxyl groups is 3. The highest BCUT2D eigenvalue weighted by Gasteiger charge is 2.49. The van der Waals surface area contributed by atoms with E-state index in [0.29, 0.717) is 42.5 Å². The summed E-state index contributed by atoms with van der Waals surface area (Å²) in [6, 6.07) is 20.0. The van der Waals surface area contributed by atoms with E-state index in [1.807, 2.05) is 36.4 Å². The molecule has 0 aliphatic carbocycles. The smallest absolute Gasteiger partial charge is 0.303 e. The lowest BCUT2D eigenvalue weighted by Crippen LogP contribution is -2.56. The van der Waals surface area contributed by atoms with Crippen LogP contribution in [0.1, 0.15) is 73.8 Å². The van der Waals surface area contributed by atoms with Crippen molar-refractivity contribution in [3.8, 4) is 0 Å². The maximum Gasteiger partial charge on any atom is 0.303 e.